The highest BCUT2D eigenvalue weighted by Gasteiger charge is 2.11. The fourth-order valence-electron chi connectivity index (χ4n) is 5.25. The highest BCUT2D eigenvalue weighted by atomic mass is 14.9. The summed E-state index contributed by atoms with van der Waals surface area (Å²) >= 11 is 0. The van der Waals surface area contributed by atoms with Crippen molar-refractivity contribution in [3.63, 3.8) is 0 Å². The highest BCUT2D eigenvalue weighted by molar-refractivity contribution is 5.84. The van der Waals surface area contributed by atoms with E-state index in [0.29, 0.717) is 0 Å². The van der Waals surface area contributed by atoms with Gasteiger partial charge in [-0.25, -0.2) is 9.97 Å². The average Bonchev–Trinajstić information content (AvgIpc) is 3.09. The SMILES string of the molecule is c1ccc(-c2cc(-c3ccc(-c4ccc(-c5ccccc5-c5cccnc5)cc4)cc3)nc(-c3ccccc3)n2)cc1. The number of hydrogen-bond acceptors (Lipinski definition) is 3. The highest BCUT2D eigenvalue weighted by Crippen LogP contribution is 2.34. The van der Waals surface area contributed by atoms with Crippen LogP contribution in [0.5, 0.6) is 0 Å². The molecule has 5 aromatic carbocycles. The molecule has 3 heteroatoms. The Hall–Kier alpha value is -5.67. The molecule has 198 valence electrons. The van der Waals surface area contributed by atoms with Gasteiger partial charge in [0.25, 0.3) is 0 Å². The molecule has 42 heavy (non-hydrogen) atoms. The van der Waals surface area contributed by atoms with Crippen molar-refractivity contribution in [2.45, 2.75) is 0 Å². The van der Waals surface area contributed by atoms with Gasteiger partial charge in [0.05, 0.1) is 11.4 Å². The van der Waals surface area contributed by atoms with Crippen LogP contribution in [0.4, 0.5) is 0 Å². The lowest BCUT2D eigenvalue weighted by Gasteiger charge is -2.11. The van der Waals surface area contributed by atoms with Gasteiger partial charge in [0.1, 0.15) is 0 Å². The number of aromatic nitrogens is 3. The molecule has 3 nitrogen and oxygen atoms in total. The first-order valence-corrected chi connectivity index (χ1v) is 14.0. The van der Waals surface area contributed by atoms with Crippen LogP contribution >= 0.6 is 0 Å². The van der Waals surface area contributed by atoms with Crippen molar-refractivity contribution >= 4 is 0 Å². The van der Waals surface area contributed by atoms with E-state index in [1.54, 1.807) is 6.20 Å². The van der Waals surface area contributed by atoms with Crippen molar-refractivity contribution in [1.82, 2.24) is 15.0 Å². The van der Waals surface area contributed by atoms with Gasteiger partial charge in [-0.2, -0.15) is 0 Å². The second-order valence-corrected chi connectivity index (χ2v) is 10.1. The van der Waals surface area contributed by atoms with E-state index < -0.39 is 0 Å². The van der Waals surface area contributed by atoms with Crippen LogP contribution in [0.2, 0.25) is 0 Å². The zero-order valence-electron chi connectivity index (χ0n) is 22.9. The van der Waals surface area contributed by atoms with Crippen LogP contribution < -0.4 is 0 Å². The van der Waals surface area contributed by atoms with Crippen molar-refractivity contribution in [1.29, 1.82) is 0 Å². The van der Waals surface area contributed by atoms with Gasteiger partial charge in [-0.1, -0.05) is 140 Å². The first kappa shape index (κ1) is 25.3. The molecule has 0 atom stereocenters. The topological polar surface area (TPSA) is 38.7 Å². The summed E-state index contributed by atoms with van der Waals surface area (Å²) in [7, 11) is 0. The van der Waals surface area contributed by atoms with Crippen molar-refractivity contribution in [2.75, 3.05) is 0 Å². The van der Waals surface area contributed by atoms with Crippen LogP contribution in [0.25, 0.3) is 67.3 Å². The quantitative estimate of drug-likeness (QED) is 0.212. The van der Waals surface area contributed by atoms with Gasteiger partial charge < -0.3 is 0 Å². The molecule has 0 aliphatic carbocycles. The molecular formula is C39H27N3. The lowest BCUT2D eigenvalue weighted by Crippen LogP contribution is -1.95. The fourth-order valence-corrected chi connectivity index (χ4v) is 5.25. The van der Waals surface area contributed by atoms with E-state index in [9.17, 15) is 0 Å². The smallest absolute Gasteiger partial charge is 0.160 e. The summed E-state index contributed by atoms with van der Waals surface area (Å²) in [5.41, 5.74) is 11.9. The Balaban J connectivity index is 1.20. The maximum atomic E-state index is 4.96. The van der Waals surface area contributed by atoms with E-state index in [4.69, 9.17) is 9.97 Å². The molecule has 0 amide bonds. The van der Waals surface area contributed by atoms with Gasteiger partial charge >= 0.3 is 0 Å². The van der Waals surface area contributed by atoms with Crippen LogP contribution in [0, 0.1) is 0 Å². The van der Waals surface area contributed by atoms with E-state index in [1.807, 2.05) is 48.7 Å². The van der Waals surface area contributed by atoms with Gasteiger partial charge in [-0.3, -0.25) is 4.98 Å². The third-order valence-electron chi connectivity index (χ3n) is 7.44. The molecule has 0 fully saturated rings. The number of pyridine rings is 1. The lowest BCUT2D eigenvalue weighted by atomic mass is 9.94. The summed E-state index contributed by atoms with van der Waals surface area (Å²) in [6.07, 6.45) is 3.72. The number of nitrogens with zero attached hydrogens (tertiary/aromatic N) is 3. The van der Waals surface area contributed by atoms with Crippen molar-refractivity contribution in [3.8, 4) is 67.3 Å². The fraction of sp³-hybridized carbons (Fsp3) is 0. The first-order valence-electron chi connectivity index (χ1n) is 14.0. The summed E-state index contributed by atoms with van der Waals surface area (Å²) in [6.45, 7) is 0. The molecular weight excluding hydrogens is 510 g/mol. The van der Waals surface area contributed by atoms with Gasteiger partial charge in [-0.15, -0.1) is 0 Å². The van der Waals surface area contributed by atoms with Gasteiger partial charge in [-0.05, 0) is 39.9 Å². The summed E-state index contributed by atoms with van der Waals surface area (Å²) in [5.74, 6) is 0.721. The molecule has 7 aromatic rings. The minimum Gasteiger partial charge on any atom is -0.264 e. The largest absolute Gasteiger partial charge is 0.264 e. The molecule has 0 spiro atoms. The third-order valence-corrected chi connectivity index (χ3v) is 7.44. The standard InChI is InChI=1S/C39H27N3/c1-3-10-31(11-4-1)37-26-38(42-39(41-37)33-12-5-2-6-13-33)32-23-19-29(20-24-32)28-17-21-30(22-18-28)35-15-7-8-16-36(35)34-14-9-25-40-27-34/h1-27H. The molecule has 7 rings (SSSR count). The summed E-state index contributed by atoms with van der Waals surface area (Å²) in [4.78, 5) is 14.2. The minimum absolute atomic E-state index is 0.721. The predicted molar refractivity (Wildman–Crippen MR) is 172 cm³/mol. The van der Waals surface area contributed by atoms with Crippen LogP contribution in [-0.4, -0.2) is 15.0 Å². The number of benzene rings is 5. The molecule has 0 radical (unpaired) electrons. The van der Waals surface area contributed by atoms with E-state index in [1.165, 1.54) is 22.3 Å². The predicted octanol–water partition coefficient (Wildman–Crippen LogP) is 9.87. The third kappa shape index (κ3) is 5.24. The van der Waals surface area contributed by atoms with Crippen molar-refractivity contribution < 1.29 is 0 Å². The van der Waals surface area contributed by atoms with Crippen molar-refractivity contribution in [2.24, 2.45) is 0 Å². The second kappa shape index (κ2) is 11.4. The molecule has 0 N–H and O–H groups in total. The van der Waals surface area contributed by atoms with Gasteiger partial charge in [0.15, 0.2) is 5.82 Å². The maximum absolute atomic E-state index is 4.96. The normalized spacial score (nSPS) is 10.9. The van der Waals surface area contributed by atoms with E-state index in [0.717, 1.165) is 45.0 Å². The lowest BCUT2D eigenvalue weighted by molar-refractivity contribution is 1.18. The Kier molecular flexibility index (Phi) is 6.89. The molecule has 0 unspecified atom stereocenters. The van der Waals surface area contributed by atoms with Crippen molar-refractivity contribution in [3.05, 3.63) is 164 Å². The molecule has 0 saturated heterocycles. The van der Waals surface area contributed by atoms with Gasteiger partial charge in [0.2, 0.25) is 0 Å². The molecule has 2 heterocycles. The monoisotopic (exact) mass is 537 g/mol. The zero-order chi connectivity index (χ0) is 28.1. The summed E-state index contributed by atoms with van der Waals surface area (Å²) < 4.78 is 0. The molecule has 2 aromatic heterocycles. The first-order chi connectivity index (χ1) is 20.8. The zero-order valence-corrected chi connectivity index (χ0v) is 22.9. The van der Waals surface area contributed by atoms with Gasteiger partial charge in [0, 0.05) is 34.6 Å². The number of hydrogen-bond donors (Lipinski definition) is 0. The molecule has 0 aliphatic rings. The van der Waals surface area contributed by atoms with E-state index >= 15 is 0 Å². The second-order valence-electron chi connectivity index (χ2n) is 10.1. The molecule has 0 saturated carbocycles. The Morgan fingerprint density at radius 2 is 0.786 bits per heavy atom. The minimum atomic E-state index is 0.721. The Morgan fingerprint density at radius 1 is 0.333 bits per heavy atom. The Bertz CT molecular complexity index is 1880. The Labute approximate surface area is 245 Å². The summed E-state index contributed by atoms with van der Waals surface area (Å²) in [6, 6.07) is 52.5. The van der Waals surface area contributed by atoms with E-state index in [2.05, 4.69) is 114 Å². The Morgan fingerprint density at radius 3 is 1.36 bits per heavy atom. The van der Waals surface area contributed by atoms with E-state index in [-0.39, 0.29) is 0 Å². The van der Waals surface area contributed by atoms with Crippen LogP contribution in [-0.2, 0) is 0 Å². The van der Waals surface area contributed by atoms with Crippen LogP contribution in [0.1, 0.15) is 0 Å². The molecule has 0 bridgehead atoms. The maximum Gasteiger partial charge on any atom is 0.160 e. The van der Waals surface area contributed by atoms with Crippen LogP contribution in [0.15, 0.2) is 164 Å². The van der Waals surface area contributed by atoms with Crippen LogP contribution in [0.3, 0.4) is 0 Å². The summed E-state index contributed by atoms with van der Waals surface area (Å²) in [5, 5.41) is 0. The number of rotatable bonds is 6. The molecule has 0 aliphatic heterocycles. The average molecular weight is 538 g/mol.